The molecule has 150 valence electrons. The average molecular weight is 393 g/mol. The molecule has 7 heteroatoms. The first-order valence-electron chi connectivity index (χ1n) is 9.92. The molecule has 2 heterocycles. The van der Waals surface area contributed by atoms with Gasteiger partial charge in [-0.1, -0.05) is 30.7 Å². The summed E-state index contributed by atoms with van der Waals surface area (Å²) in [5.41, 5.74) is 2.15. The SMILES string of the molecule is Cc1ccccc1NC(=O)N(Cc1nnc2n1CCCCC2)c1cccc(F)c1. The van der Waals surface area contributed by atoms with Gasteiger partial charge in [-0.15, -0.1) is 10.2 Å². The lowest BCUT2D eigenvalue weighted by atomic mass is 10.2. The second kappa shape index (κ2) is 8.43. The number of carbonyl (C=O) groups is 1. The first-order valence-corrected chi connectivity index (χ1v) is 9.92. The van der Waals surface area contributed by atoms with Gasteiger partial charge < -0.3 is 9.88 Å². The molecule has 1 aliphatic heterocycles. The zero-order valence-electron chi connectivity index (χ0n) is 16.4. The summed E-state index contributed by atoms with van der Waals surface area (Å²) in [7, 11) is 0. The Balaban J connectivity index is 1.65. The number of fused-ring (bicyclic) bond motifs is 1. The fraction of sp³-hybridized carbons (Fsp3) is 0.318. The van der Waals surface area contributed by atoms with Crippen molar-refractivity contribution >= 4 is 17.4 Å². The summed E-state index contributed by atoms with van der Waals surface area (Å²) in [6, 6.07) is 13.3. The van der Waals surface area contributed by atoms with E-state index in [9.17, 15) is 9.18 Å². The Bertz CT molecular complexity index is 1020. The largest absolute Gasteiger partial charge is 0.326 e. The Morgan fingerprint density at radius 3 is 2.83 bits per heavy atom. The van der Waals surface area contributed by atoms with Gasteiger partial charge in [-0.3, -0.25) is 4.90 Å². The molecule has 0 bridgehead atoms. The fourth-order valence-electron chi connectivity index (χ4n) is 3.62. The highest BCUT2D eigenvalue weighted by Crippen LogP contribution is 2.22. The van der Waals surface area contributed by atoms with E-state index in [0.717, 1.165) is 49.3 Å². The van der Waals surface area contributed by atoms with Gasteiger partial charge in [0, 0.05) is 24.3 Å². The molecule has 6 nitrogen and oxygen atoms in total. The van der Waals surface area contributed by atoms with E-state index in [1.54, 1.807) is 12.1 Å². The Kier molecular flexibility index (Phi) is 5.55. The summed E-state index contributed by atoms with van der Waals surface area (Å²) in [4.78, 5) is 14.7. The van der Waals surface area contributed by atoms with Crippen LogP contribution in [0.25, 0.3) is 0 Å². The van der Waals surface area contributed by atoms with E-state index in [-0.39, 0.29) is 12.6 Å². The molecule has 0 spiro atoms. The summed E-state index contributed by atoms with van der Waals surface area (Å²) >= 11 is 0. The Morgan fingerprint density at radius 2 is 2.00 bits per heavy atom. The topological polar surface area (TPSA) is 63.1 Å². The zero-order valence-corrected chi connectivity index (χ0v) is 16.4. The van der Waals surface area contributed by atoms with Crippen LogP contribution in [0.1, 0.15) is 36.5 Å². The third kappa shape index (κ3) is 4.29. The lowest BCUT2D eigenvalue weighted by Gasteiger charge is -2.24. The predicted octanol–water partition coefficient (Wildman–Crippen LogP) is 4.69. The van der Waals surface area contributed by atoms with Gasteiger partial charge in [-0.2, -0.15) is 0 Å². The van der Waals surface area contributed by atoms with Crippen LogP contribution in [0.3, 0.4) is 0 Å². The van der Waals surface area contributed by atoms with Gasteiger partial charge in [0.05, 0.1) is 6.54 Å². The molecule has 0 atom stereocenters. The number of amides is 2. The number of carbonyl (C=O) groups excluding carboxylic acids is 1. The number of benzene rings is 2. The molecule has 1 N–H and O–H groups in total. The molecular formula is C22H24FN5O. The molecule has 2 aromatic carbocycles. The highest BCUT2D eigenvalue weighted by atomic mass is 19.1. The molecule has 0 radical (unpaired) electrons. The number of nitrogens with one attached hydrogen (secondary N) is 1. The quantitative estimate of drug-likeness (QED) is 0.699. The number of hydrogen-bond donors (Lipinski definition) is 1. The first-order chi connectivity index (χ1) is 14.1. The van der Waals surface area contributed by atoms with E-state index in [2.05, 4.69) is 20.1 Å². The summed E-state index contributed by atoms with van der Waals surface area (Å²) < 4.78 is 16.0. The molecule has 0 fully saturated rings. The van der Waals surface area contributed by atoms with E-state index in [4.69, 9.17) is 0 Å². The van der Waals surface area contributed by atoms with Crippen LogP contribution < -0.4 is 10.2 Å². The summed E-state index contributed by atoms with van der Waals surface area (Å²) in [5.74, 6) is 1.28. The molecule has 0 saturated carbocycles. The maximum atomic E-state index is 13.9. The van der Waals surface area contributed by atoms with E-state index in [1.807, 2.05) is 31.2 Å². The Hall–Kier alpha value is -3.22. The third-order valence-corrected chi connectivity index (χ3v) is 5.24. The van der Waals surface area contributed by atoms with Crippen molar-refractivity contribution in [1.29, 1.82) is 0 Å². The lowest BCUT2D eigenvalue weighted by Crippen LogP contribution is -2.35. The van der Waals surface area contributed by atoms with Crippen molar-refractivity contribution < 1.29 is 9.18 Å². The number of nitrogens with zero attached hydrogens (tertiary/aromatic N) is 4. The van der Waals surface area contributed by atoms with Crippen LogP contribution in [0.2, 0.25) is 0 Å². The van der Waals surface area contributed by atoms with Crippen LogP contribution in [0, 0.1) is 12.7 Å². The summed E-state index contributed by atoms with van der Waals surface area (Å²) in [6.07, 6.45) is 4.21. The van der Waals surface area contributed by atoms with E-state index in [1.165, 1.54) is 17.0 Å². The van der Waals surface area contributed by atoms with Crippen molar-refractivity contribution in [2.75, 3.05) is 10.2 Å². The average Bonchev–Trinajstić information content (AvgIpc) is 2.93. The van der Waals surface area contributed by atoms with Crippen LogP contribution in [0.15, 0.2) is 48.5 Å². The van der Waals surface area contributed by atoms with Crippen LogP contribution in [0.5, 0.6) is 0 Å². The molecule has 4 rings (SSSR count). The number of halogens is 1. The van der Waals surface area contributed by atoms with Gasteiger partial charge in [0.1, 0.15) is 11.6 Å². The minimum atomic E-state index is -0.392. The number of aromatic nitrogens is 3. The molecule has 1 aromatic heterocycles. The van der Waals surface area contributed by atoms with Gasteiger partial charge in [0.15, 0.2) is 5.82 Å². The molecular weight excluding hydrogens is 369 g/mol. The normalized spacial score (nSPS) is 13.4. The van der Waals surface area contributed by atoms with Crippen molar-refractivity contribution in [2.45, 2.75) is 45.7 Å². The zero-order chi connectivity index (χ0) is 20.2. The number of urea groups is 1. The molecule has 1 aliphatic rings. The van der Waals surface area contributed by atoms with E-state index in [0.29, 0.717) is 11.5 Å². The van der Waals surface area contributed by atoms with Crippen molar-refractivity contribution in [3.8, 4) is 0 Å². The highest BCUT2D eigenvalue weighted by Gasteiger charge is 2.22. The van der Waals surface area contributed by atoms with Crippen LogP contribution in [-0.4, -0.2) is 20.8 Å². The van der Waals surface area contributed by atoms with Crippen LogP contribution >= 0.6 is 0 Å². The Morgan fingerprint density at radius 1 is 1.14 bits per heavy atom. The number of aryl methyl sites for hydroxylation is 2. The molecule has 0 aliphatic carbocycles. The van der Waals surface area contributed by atoms with Crippen molar-refractivity contribution in [2.24, 2.45) is 0 Å². The maximum Gasteiger partial charge on any atom is 0.326 e. The minimum absolute atomic E-state index is 0.216. The summed E-state index contributed by atoms with van der Waals surface area (Å²) in [5, 5.41) is 11.6. The molecule has 0 saturated heterocycles. The van der Waals surface area contributed by atoms with Crippen LogP contribution in [0.4, 0.5) is 20.6 Å². The van der Waals surface area contributed by atoms with Gasteiger partial charge in [-0.05, 0) is 49.6 Å². The number of rotatable bonds is 4. The predicted molar refractivity (Wildman–Crippen MR) is 110 cm³/mol. The third-order valence-electron chi connectivity index (χ3n) is 5.24. The van der Waals surface area contributed by atoms with Gasteiger partial charge >= 0.3 is 6.03 Å². The standard InChI is InChI=1S/C22H24FN5O/c1-16-8-4-5-11-19(16)24-22(29)28(18-10-7-9-17(23)14-18)15-21-26-25-20-12-3-2-6-13-27(20)21/h4-5,7-11,14H,2-3,6,12-13,15H2,1H3,(H,24,29). The van der Waals surface area contributed by atoms with E-state index >= 15 is 0 Å². The maximum absolute atomic E-state index is 13.9. The molecule has 29 heavy (non-hydrogen) atoms. The second-order valence-electron chi connectivity index (χ2n) is 7.31. The van der Waals surface area contributed by atoms with Gasteiger partial charge in [0.2, 0.25) is 0 Å². The molecule has 2 amide bonds. The van der Waals surface area contributed by atoms with Crippen molar-refractivity contribution in [3.63, 3.8) is 0 Å². The first kappa shape index (κ1) is 19.1. The number of anilines is 2. The Labute approximate surface area is 169 Å². The lowest BCUT2D eigenvalue weighted by molar-refractivity contribution is 0.256. The van der Waals surface area contributed by atoms with Crippen molar-refractivity contribution in [3.05, 3.63) is 71.6 Å². The summed E-state index contributed by atoms with van der Waals surface area (Å²) in [6.45, 7) is 2.99. The fourth-order valence-corrected chi connectivity index (χ4v) is 3.62. The van der Waals surface area contributed by atoms with Gasteiger partial charge in [0.25, 0.3) is 0 Å². The molecule has 3 aromatic rings. The monoisotopic (exact) mass is 393 g/mol. The second-order valence-corrected chi connectivity index (χ2v) is 7.31. The van der Waals surface area contributed by atoms with Crippen molar-refractivity contribution in [1.82, 2.24) is 14.8 Å². The van der Waals surface area contributed by atoms with E-state index < -0.39 is 5.82 Å². The minimum Gasteiger partial charge on any atom is -0.313 e. The molecule has 0 unspecified atom stereocenters. The number of hydrogen-bond acceptors (Lipinski definition) is 3. The highest BCUT2D eigenvalue weighted by molar-refractivity contribution is 6.02. The smallest absolute Gasteiger partial charge is 0.313 e. The number of para-hydroxylation sites is 1. The van der Waals surface area contributed by atoms with Crippen LogP contribution in [-0.2, 0) is 19.5 Å². The van der Waals surface area contributed by atoms with Gasteiger partial charge in [-0.25, -0.2) is 9.18 Å².